The average Bonchev–Trinajstić information content (AvgIpc) is 3.20. The topological polar surface area (TPSA) is 114 Å². The first-order valence-corrected chi connectivity index (χ1v) is 10.3. The van der Waals surface area contributed by atoms with Gasteiger partial charge in [0.25, 0.3) is 0 Å². The van der Waals surface area contributed by atoms with Crippen LogP contribution >= 0.6 is 11.3 Å². The first-order chi connectivity index (χ1) is 13.9. The van der Waals surface area contributed by atoms with Crippen LogP contribution in [-0.2, 0) is 20.7 Å². The maximum Gasteiger partial charge on any atom is 0.328 e. The lowest BCUT2D eigenvalue weighted by atomic mass is 9.67. The number of thiazole rings is 1. The molecule has 4 amide bonds. The normalized spacial score (nSPS) is 27.9. The Morgan fingerprint density at radius 2 is 1.97 bits per heavy atom. The summed E-state index contributed by atoms with van der Waals surface area (Å²) < 4.78 is 5.99. The van der Waals surface area contributed by atoms with Crippen molar-refractivity contribution < 1.29 is 19.1 Å². The van der Waals surface area contributed by atoms with Crippen LogP contribution in [0.15, 0.2) is 23.7 Å². The molecule has 5 heterocycles. The van der Waals surface area contributed by atoms with E-state index in [1.165, 1.54) is 11.3 Å². The molecule has 0 bridgehead atoms. The smallest absolute Gasteiger partial charge is 0.328 e. The first-order valence-electron chi connectivity index (χ1n) is 9.39. The number of morpholine rings is 1. The van der Waals surface area contributed by atoms with Gasteiger partial charge in [-0.15, -0.1) is 11.3 Å². The van der Waals surface area contributed by atoms with Gasteiger partial charge < -0.3 is 9.64 Å². The Balaban J connectivity index is 1.69. The van der Waals surface area contributed by atoms with Crippen LogP contribution < -0.4 is 15.5 Å². The number of barbiturate groups is 1. The number of amides is 4. The number of carbonyl (C=O) groups excluding carboxylic acids is 3. The van der Waals surface area contributed by atoms with Crippen LogP contribution in [0.3, 0.4) is 0 Å². The number of urea groups is 1. The van der Waals surface area contributed by atoms with E-state index in [-0.39, 0.29) is 12.5 Å². The molecule has 2 fully saturated rings. The average molecular weight is 413 g/mol. The Labute approximate surface area is 170 Å². The molecule has 0 aliphatic carbocycles. The third-order valence-corrected chi connectivity index (χ3v) is 6.60. The number of fused-ring (bicyclic) bond motifs is 4. The number of imide groups is 2. The van der Waals surface area contributed by atoms with Gasteiger partial charge in [0, 0.05) is 24.5 Å². The quantitative estimate of drug-likeness (QED) is 0.673. The molecule has 2 N–H and O–H groups in total. The van der Waals surface area contributed by atoms with Crippen LogP contribution in [-0.4, -0.2) is 52.6 Å². The van der Waals surface area contributed by atoms with Crippen molar-refractivity contribution in [3.05, 3.63) is 29.4 Å². The molecule has 9 nitrogen and oxygen atoms in total. The van der Waals surface area contributed by atoms with Gasteiger partial charge >= 0.3 is 6.03 Å². The molecule has 0 radical (unpaired) electrons. The fourth-order valence-corrected chi connectivity index (χ4v) is 5.37. The van der Waals surface area contributed by atoms with E-state index in [0.29, 0.717) is 17.9 Å². The molecule has 0 aromatic carbocycles. The van der Waals surface area contributed by atoms with E-state index in [2.05, 4.69) is 15.6 Å². The number of ether oxygens (including phenoxy) is 1. The number of hydrogen-bond acceptors (Lipinski definition) is 8. The molecule has 3 aliphatic rings. The minimum absolute atomic E-state index is 0.0791. The standard InChI is InChI=1S/C19H19N5O4S/c1-9-8-24-13-4-3-11(15-20-5-6-29-15)21-12(13)7-19(14(24)10(2)28-9)16(25)22-18(27)23-17(19)26/h3-6,9-10,14H,7-8H2,1-2H3,(H2,22,23,25,26,27)/t9-,10+,14-/m1/s1. The number of rotatable bonds is 1. The molecule has 5 rings (SSSR count). The van der Waals surface area contributed by atoms with Crippen LogP contribution in [0, 0.1) is 5.41 Å². The van der Waals surface area contributed by atoms with Crippen molar-refractivity contribution in [2.45, 2.75) is 38.5 Å². The van der Waals surface area contributed by atoms with Crippen molar-refractivity contribution in [1.29, 1.82) is 0 Å². The molecule has 2 saturated heterocycles. The van der Waals surface area contributed by atoms with Gasteiger partial charge in [-0.25, -0.2) is 14.8 Å². The van der Waals surface area contributed by atoms with Crippen molar-refractivity contribution in [3.8, 4) is 10.7 Å². The summed E-state index contributed by atoms with van der Waals surface area (Å²) in [6.45, 7) is 4.32. The monoisotopic (exact) mass is 413 g/mol. The minimum atomic E-state index is -1.50. The zero-order chi connectivity index (χ0) is 20.3. The van der Waals surface area contributed by atoms with Gasteiger partial charge in [-0.1, -0.05) is 0 Å². The number of hydrogen-bond donors (Lipinski definition) is 2. The van der Waals surface area contributed by atoms with E-state index < -0.39 is 35.4 Å². The van der Waals surface area contributed by atoms with Crippen LogP contribution in [0.4, 0.5) is 10.5 Å². The second kappa shape index (κ2) is 6.33. The lowest BCUT2D eigenvalue weighted by Gasteiger charge is -2.55. The van der Waals surface area contributed by atoms with Crippen molar-refractivity contribution in [2.75, 3.05) is 11.4 Å². The summed E-state index contributed by atoms with van der Waals surface area (Å²) in [6, 6.07) is 2.52. The van der Waals surface area contributed by atoms with Gasteiger partial charge in [-0.3, -0.25) is 20.2 Å². The third-order valence-electron chi connectivity index (χ3n) is 5.81. The summed E-state index contributed by atoms with van der Waals surface area (Å²) in [5.74, 6) is -1.23. The molecule has 2 aromatic rings. The third kappa shape index (κ3) is 2.59. The molecule has 2 aromatic heterocycles. The molecule has 3 aliphatic heterocycles. The summed E-state index contributed by atoms with van der Waals surface area (Å²) in [6.07, 6.45) is 1.31. The van der Waals surface area contributed by atoms with E-state index in [9.17, 15) is 14.4 Å². The van der Waals surface area contributed by atoms with Crippen LogP contribution in [0.25, 0.3) is 10.7 Å². The highest BCUT2D eigenvalue weighted by molar-refractivity contribution is 7.13. The van der Waals surface area contributed by atoms with E-state index in [4.69, 9.17) is 9.72 Å². The van der Waals surface area contributed by atoms with Gasteiger partial charge in [-0.2, -0.15) is 0 Å². The Kier molecular flexibility index (Phi) is 3.97. The number of carbonyl (C=O) groups is 3. The molecule has 10 heteroatoms. The molecular formula is C19H19N5O4S. The molecule has 1 spiro atoms. The van der Waals surface area contributed by atoms with Gasteiger partial charge in [0.05, 0.1) is 35.3 Å². The zero-order valence-corrected chi connectivity index (χ0v) is 16.7. The SMILES string of the molecule is C[C@@H]1CN2c3ccc(-c4nccs4)nc3CC3(C(=O)NC(=O)NC3=O)[C@H]2[C@H](C)O1. The van der Waals surface area contributed by atoms with Crippen LogP contribution in [0.2, 0.25) is 0 Å². The highest BCUT2D eigenvalue weighted by atomic mass is 32.1. The lowest BCUT2D eigenvalue weighted by Crippen LogP contribution is -2.75. The number of pyridine rings is 1. The number of nitrogens with one attached hydrogen (secondary N) is 2. The fourth-order valence-electron chi connectivity index (χ4n) is 4.76. The summed E-state index contributed by atoms with van der Waals surface area (Å²) in [7, 11) is 0. The van der Waals surface area contributed by atoms with Gasteiger partial charge in [0.15, 0.2) is 5.41 Å². The van der Waals surface area contributed by atoms with E-state index in [1.54, 1.807) is 6.20 Å². The Morgan fingerprint density at radius 1 is 1.21 bits per heavy atom. The highest BCUT2D eigenvalue weighted by Gasteiger charge is 2.63. The van der Waals surface area contributed by atoms with E-state index >= 15 is 0 Å². The second-order valence-electron chi connectivity index (χ2n) is 7.63. The van der Waals surface area contributed by atoms with Crippen LogP contribution in [0.5, 0.6) is 0 Å². The zero-order valence-electron chi connectivity index (χ0n) is 15.8. The molecule has 0 saturated carbocycles. The molecule has 3 atom stereocenters. The maximum absolute atomic E-state index is 13.1. The summed E-state index contributed by atoms with van der Waals surface area (Å²) in [5, 5.41) is 7.19. The Hall–Kier alpha value is -2.85. The highest BCUT2D eigenvalue weighted by Crippen LogP contribution is 2.46. The molecule has 150 valence electrons. The minimum Gasteiger partial charge on any atom is -0.372 e. The van der Waals surface area contributed by atoms with Crippen molar-refractivity contribution in [3.63, 3.8) is 0 Å². The summed E-state index contributed by atoms with van der Waals surface area (Å²) >= 11 is 1.47. The van der Waals surface area contributed by atoms with Gasteiger partial charge in [0.1, 0.15) is 5.01 Å². The maximum atomic E-state index is 13.1. The Bertz CT molecular complexity index is 1000. The number of anilines is 1. The molecule has 29 heavy (non-hydrogen) atoms. The van der Waals surface area contributed by atoms with Gasteiger partial charge in [0.2, 0.25) is 11.8 Å². The largest absolute Gasteiger partial charge is 0.372 e. The second-order valence-corrected chi connectivity index (χ2v) is 8.53. The predicted octanol–water partition coefficient (Wildman–Crippen LogP) is 1.10. The molecular weight excluding hydrogens is 394 g/mol. The van der Waals surface area contributed by atoms with Crippen LogP contribution in [0.1, 0.15) is 19.5 Å². The van der Waals surface area contributed by atoms with Gasteiger partial charge in [-0.05, 0) is 26.0 Å². The fraction of sp³-hybridized carbons (Fsp3) is 0.421. The predicted molar refractivity (Wildman–Crippen MR) is 104 cm³/mol. The summed E-state index contributed by atoms with van der Waals surface area (Å²) in [4.78, 5) is 49.0. The van der Waals surface area contributed by atoms with E-state index in [1.807, 2.05) is 36.3 Å². The lowest BCUT2D eigenvalue weighted by molar-refractivity contribution is -0.153. The van der Waals surface area contributed by atoms with Crippen molar-refractivity contribution in [2.24, 2.45) is 5.41 Å². The summed E-state index contributed by atoms with van der Waals surface area (Å²) in [5.41, 5.74) is 0.694. The molecule has 0 unspecified atom stereocenters. The van der Waals surface area contributed by atoms with Crippen molar-refractivity contribution >= 4 is 34.9 Å². The first kappa shape index (κ1) is 18.2. The number of nitrogens with zero attached hydrogens (tertiary/aromatic N) is 3. The Morgan fingerprint density at radius 3 is 2.66 bits per heavy atom. The van der Waals surface area contributed by atoms with E-state index in [0.717, 1.165) is 10.7 Å². The van der Waals surface area contributed by atoms with Crippen molar-refractivity contribution in [1.82, 2.24) is 20.6 Å². The number of aromatic nitrogens is 2.